The smallest absolute Gasteiger partial charge is 0.416 e. The summed E-state index contributed by atoms with van der Waals surface area (Å²) in [6, 6.07) is 3.04. The molecule has 0 aliphatic heterocycles. The van der Waals surface area contributed by atoms with E-state index in [1.807, 2.05) is 0 Å². The zero-order valence-corrected chi connectivity index (χ0v) is 6.68. The van der Waals surface area contributed by atoms with Gasteiger partial charge in [0.15, 0.2) is 0 Å². The minimum absolute atomic E-state index is 0.298. The molecule has 0 amide bonds. The van der Waals surface area contributed by atoms with E-state index in [1.54, 1.807) is 0 Å². The fraction of sp³-hybridized carbons (Fsp3) is 0.250. The molecular formula is C8H5F5O. The maximum Gasteiger partial charge on any atom is 0.416 e. The fourth-order valence-electron chi connectivity index (χ4n) is 0.825. The van der Waals surface area contributed by atoms with E-state index in [2.05, 4.69) is 4.74 Å². The molecule has 0 spiro atoms. The zero-order valence-electron chi connectivity index (χ0n) is 6.68. The highest BCUT2D eigenvalue weighted by molar-refractivity contribution is 5.28. The second-order valence-corrected chi connectivity index (χ2v) is 2.40. The largest absolute Gasteiger partial charge is 0.435 e. The Morgan fingerprint density at radius 1 is 1.00 bits per heavy atom. The Balaban J connectivity index is 2.79. The average Bonchev–Trinajstić information content (AvgIpc) is 2.02. The Labute approximate surface area is 76.1 Å². The maximum absolute atomic E-state index is 12.0. The van der Waals surface area contributed by atoms with Crippen molar-refractivity contribution in [2.45, 2.75) is 12.8 Å². The van der Waals surface area contributed by atoms with Gasteiger partial charge in [0.1, 0.15) is 5.75 Å². The predicted octanol–water partition coefficient (Wildman–Crippen LogP) is 3.31. The normalized spacial score (nSPS) is 11.9. The Bertz CT molecular complexity index is 290. The molecule has 0 aromatic heterocycles. The Kier molecular flexibility index (Phi) is 2.93. The van der Waals surface area contributed by atoms with Gasteiger partial charge in [-0.2, -0.15) is 22.0 Å². The first-order valence-corrected chi connectivity index (χ1v) is 3.51. The summed E-state index contributed by atoms with van der Waals surface area (Å²) in [5.74, 6) is -0.298. The number of hydrogen-bond acceptors (Lipinski definition) is 1. The zero-order chi connectivity index (χ0) is 10.8. The first kappa shape index (κ1) is 10.7. The lowest BCUT2D eigenvalue weighted by atomic mass is 10.2. The summed E-state index contributed by atoms with van der Waals surface area (Å²) < 4.78 is 63.1. The van der Waals surface area contributed by atoms with Crippen molar-refractivity contribution in [2.75, 3.05) is 0 Å². The van der Waals surface area contributed by atoms with Crippen molar-refractivity contribution in [2.24, 2.45) is 0 Å². The number of benzene rings is 1. The molecule has 0 saturated carbocycles. The molecule has 14 heavy (non-hydrogen) atoms. The lowest BCUT2D eigenvalue weighted by Gasteiger charge is -2.07. The molecule has 1 aromatic rings. The second kappa shape index (κ2) is 3.81. The molecule has 0 N–H and O–H groups in total. The molecule has 0 aliphatic rings. The molecule has 1 aromatic carbocycles. The van der Waals surface area contributed by atoms with Gasteiger partial charge in [-0.15, -0.1) is 0 Å². The monoisotopic (exact) mass is 212 g/mol. The summed E-state index contributed by atoms with van der Waals surface area (Å²) >= 11 is 0. The minimum Gasteiger partial charge on any atom is -0.435 e. The molecule has 0 saturated heterocycles. The van der Waals surface area contributed by atoms with E-state index in [-0.39, 0.29) is 5.75 Å². The van der Waals surface area contributed by atoms with Crippen LogP contribution in [-0.4, -0.2) is 6.61 Å². The van der Waals surface area contributed by atoms with Crippen LogP contribution in [0.5, 0.6) is 5.75 Å². The van der Waals surface area contributed by atoms with Crippen molar-refractivity contribution in [1.82, 2.24) is 0 Å². The number of rotatable bonds is 2. The highest BCUT2D eigenvalue weighted by atomic mass is 19.4. The molecule has 0 atom stereocenters. The Morgan fingerprint density at radius 3 is 1.86 bits per heavy atom. The molecule has 78 valence electrons. The molecule has 6 heteroatoms. The van der Waals surface area contributed by atoms with Crippen molar-refractivity contribution >= 4 is 0 Å². The summed E-state index contributed by atoms with van der Waals surface area (Å²) in [6.45, 7) is -3.04. The number of ether oxygens (including phenoxy) is 1. The van der Waals surface area contributed by atoms with Gasteiger partial charge in [-0.05, 0) is 24.3 Å². The molecular weight excluding hydrogens is 207 g/mol. The van der Waals surface area contributed by atoms with Gasteiger partial charge in [-0.25, -0.2) is 0 Å². The third-order valence-electron chi connectivity index (χ3n) is 1.41. The number of hydrogen-bond donors (Lipinski definition) is 0. The van der Waals surface area contributed by atoms with Crippen molar-refractivity contribution in [3.05, 3.63) is 29.8 Å². The van der Waals surface area contributed by atoms with Crippen molar-refractivity contribution in [3.8, 4) is 5.75 Å². The number of alkyl halides is 5. The second-order valence-electron chi connectivity index (χ2n) is 2.40. The van der Waals surface area contributed by atoms with Gasteiger partial charge in [0.05, 0.1) is 5.56 Å². The first-order chi connectivity index (χ1) is 6.39. The quantitative estimate of drug-likeness (QED) is 0.683. The number of halogens is 5. The van der Waals surface area contributed by atoms with Crippen molar-refractivity contribution in [1.29, 1.82) is 0 Å². The van der Waals surface area contributed by atoms with Crippen LogP contribution in [0.15, 0.2) is 24.3 Å². The van der Waals surface area contributed by atoms with E-state index in [1.165, 1.54) is 0 Å². The van der Waals surface area contributed by atoms with Crippen LogP contribution in [0.2, 0.25) is 0 Å². The summed E-state index contributed by atoms with van der Waals surface area (Å²) in [7, 11) is 0. The van der Waals surface area contributed by atoms with Gasteiger partial charge in [-0.3, -0.25) is 0 Å². The van der Waals surface area contributed by atoms with E-state index >= 15 is 0 Å². The Morgan fingerprint density at radius 2 is 1.50 bits per heavy atom. The van der Waals surface area contributed by atoms with Crippen LogP contribution in [0, 0.1) is 0 Å². The van der Waals surface area contributed by atoms with Crippen LogP contribution >= 0.6 is 0 Å². The van der Waals surface area contributed by atoms with Gasteiger partial charge in [0.25, 0.3) is 0 Å². The fourth-order valence-corrected chi connectivity index (χ4v) is 0.825. The minimum atomic E-state index is -4.47. The van der Waals surface area contributed by atoms with Crippen LogP contribution in [-0.2, 0) is 6.18 Å². The van der Waals surface area contributed by atoms with E-state index in [4.69, 9.17) is 0 Å². The molecule has 0 radical (unpaired) electrons. The molecule has 0 aliphatic carbocycles. The molecule has 0 unspecified atom stereocenters. The van der Waals surface area contributed by atoms with E-state index in [0.29, 0.717) is 12.1 Å². The first-order valence-electron chi connectivity index (χ1n) is 3.51. The van der Waals surface area contributed by atoms with Crippen molar-refractivity contribution in [3.63, 3.8) is 0 Å². The highest BCUT2D eigenvalue weighted by Gasteiger charge is 2.30. The lowest BCUT2D eigenvalue weighted by molar-refractivity contribution is -0.137. The highest BCUT2D eigenvalue weighted by Crippen LogP contribution is 2.30. The van der Waals surface area contributed by atoms with Gasteiger partial charge < -0.3 is 4.74 Å². The van der Waals surface area contributed by atoms with Crippen molar-refractivity contribution < 1.29 is 26.7 Å². The van der Waals surface area contributed by atoms with E-state index in [0.717, 1.165) is 12.1 Å². The molecule has 1 rings (SSSR count). The topological polar surface area (TPSA) is 9.23 Å². The standard InChI is InChI=1S/C8H5F5O/c9-7(10)14-6-3-1-5(2-4-6)8(11,12)13/h1-4,7H. The van der Waals surface area contributed by atoms with Crippen LogP contribution in [0.4, 0.5) is 22.0 Å². The van der Waals surface area contributed by atoms with Gasteiger partial charge in [0.2, 0.25) is 0 Å². The van der Waals surface area contributed by atoms with E-state index in [9.17, 15) is 22.0 Å². The SMILES string of the molecule is FC(F)Oc1ccc(C(F)(F)F)cc1. The van der Waals surface area contributed by atoms with Crippen LogP contribution in [0.3, 0.4) is 0 Å². The van der Waals surface area contributed by atoms with E-state index < -0.39 is 18.4 Å². The molecule has 0 bridgehead atoms. The molecule has 0 heterocycles. The van der Waals surface area contributed by atoms with Crippen LogP contribution in [0.1, 0.15) is 5.56 Å². The Hall–Kier alpha value is -1.33. The average molecular weight is 212 g/mol. The lowest BCUT2D eigenvalue weighted by Crippen LogP contribution is -2.05. The molecule has 1 nitrogen and oxygen atoms in total. The maximum atomic E-state index is 12.0. The van der Waals surface area contributed by atoms with Gasteiger partial charge in [-0.1, -0.05) is 0 Å². The van der Waals surface area contributed by atoms with Gasteiger partial charge >= 0.3 is 12.8 Å². The summed E-state index contributed by atoms with van der Waals surface area (Å²) in [5, 5.41) is 0. The predicted molar refractivity (Wildman–Crippen MR) is 38.1 cm³/mol. The van der Waals surface area contributed by atoms with Crippen LogP contribution in [0.25, 0.3) is 0 Å². The molecule has 0 fully saturated rings. The third kappa shape index (κ3) is 2.86. The third-order valence-corrected chi connectivity index (χ3v) is 1.41. The van der Waals surface area contributed by atoms with Gasteiger partial charge in [0, 0.05) is 0 Å². The summed E-state index contributed by atoms with van der Waals surface area (Å²) in [6.07, 6.45) is -4.47. The van der Waals surface area contributed by atoms with Crippen LogP contribution < -0.4 is 4.74 Å². The summed E-state index contributed by atoms with van der Waals surface area (Å²) in [5.41, 5.74) is -0.904. The summed E-state index contributed by atoms with van der Waals surface area (Å²) in [4.78, 5) is 0.